The maximum absolute atomic E-state index is 5.73. The number of rotatable bonds is 4. The zero-order chi connectivity index (χ0) is 31.8. The van der Waals surface area contributed by atoms with Crippen molar-refractivity contribution in [1.29, 1.82) is 0 Å². The molecule has 46 heavy (non-hydrogen) atoms. The number of hydrogen-bond acceptors (Lipinski definition) is 0. The normalized spacial score (nSPS) is 14.3. The Bertz CT molecular complexity index is 1900. The van der Waals surface area contributed by atoms with Gasteiger partial charge in [0, 0.05) is 0 Å². The first kappa shape index (κ1) is 37.5. The molecule has 0 atom stereocenters. The molecule has 0 amide bonds. The Kier molecular flexibility index (Phi) is 10.4. The van der Waals surface area contributed by atoms with Gasteiger partial charge in [0.25, 0.3) is 0 Å². The Morgan fingerprint density at radius 1 is 0.696 bits per heavy atom. The number of halogens is 4. The SMILES string of the molecule is Cl.Cl.[CH2]=[Hf]([C]1=CC=CC1)([c]1ccc(Br)cc1)([c]1ccc(Br)cc1)[c]1c(C)c(C(C)(C)C)cc2c1Cc1cc(C)c(C(C)(C)C)cc1-2. The molecule has 4 aromatic carbocycles. The van der Waals surface area contributed by atoms with Crippen molar-refractivity contribution < 1.29 is 18.0 Å². The van der Waals surface area contributed by atoms with Crippen LogP contribution in [0.15, 0.2) is 97.2 Å². The zero-order valence-electron chi connectivity index (χ0n) is 28.3. The molecular weight excluding hydrogens is 902 g/mol. The standard InChI is InChI=1S/C23H29.2C6H4Br.C5H5.CH2.2ClH.Hf/c1-14-9-16-11-17-10-15(2)21(23(6,7)8)13-19(17)18(16)12-20(14)22(3,4)5;2*7-6-4-2-1-3-5-6;1-2-4-5-3-1;;;;/h9,12-13H,11H2,1-8H3;2*2-5H;1-3H,4H2;1H2;2*1H;. The van der Waals surface area contributed by atoms with Crippen molar-refractivity contribution in [3.05, 3.63) is 131 Å². The fraction of sp³-hybridized carbons (Fsp3) is 0.293. The van der Waals surface area contributed by atoms with E-state index in [1.807, 2.05) is 0 Å². The predicted octanol–water partition coefficient (Wildman–Crippen LogP) is 11.1. The molecule has 0 saturated heterocycles. The van der Waals surface area contributed by atoms with E-state index >= 15 is 0 Å². The summed E-state index contributed by atoms with van der Waals surface area (Å²) in [6.07, 6.45) is 8.92. The Balaban J connectivity index is 0.00000240. The van der Waals surface area contributed by atoms with E-state index in [0.29, 0.717) is 0 Å². The van der Waals surface area contributed by atoms with E-state index in [2.05, 4.69) is 172 Å². The van der Waals surface area contributed by atoms with Crippen molar-refractivity contribution in [2.75, 3.05) is 0 Å². The van der Waals surface area contributed by atoms with E-state index in [9.17, 15) is 0 Å². The van der Waals surface area contributed by atoms with E-state index in [-0.39, 0.29) is 35.6 Å². The quantitative estimate of drug-likeness (QED) is 0.158. The van der Waals surface area contributed by atoms with E-state index < -0.39 is 18.0 Å². The molecule has 0 spiro atoms. The van der Waals surface area contributed by atoms with Gasteiger partial charge in [0.05, 0.1) is 0 Å². The van der Waals surface area contributed by atoms with E-state index in [1.54, 1.807) is 3.32 Å². The van der Waals surface area contributed by atoms with Gasteiger partial charge < -0.3 is 0 Å². The third kappa shape index (κ3) is 5.73. The van der Waals surface area contributed by atoms with Crippen LogP contribution in [0.2, 0.25) is 0 Å². The van der Waals surface area contributed by atoms with Crippen LogP contribution >= 0.6 is 56.7 Å². The van der Waals surface area contributed by atoms with Gasteiger partial charge >= 0.3 is 285 Å². The number of hydrogen-bond donors (Lipinski definition) is 0. The molecule has 4 aromatic rings. The molecule has 5 heteroatoms. The predicted molar refractivity (Wildman–Crippen MR) is 212 cm³/mol. The summed E-state index contributed by atoms with van der Waals surface area (Å²) in [5.74, 6) is 0. The average Bonchev–Trinajstić information content (AvgIpc) is 3.60. The Morgan fingerprint density at radius 2 is 1.20 bits per heavy atom. The number of benzene rings is 4. The van der Waals surface area contributed by atoms with Crippen molar-refractivity contribution in [3.63, 3.8) is 0 Å². The molecule has 0 saturated carbocycles. The topological polar surface area (TPSA) is 0 Å². The summed E-state index contributed by atoms with van der Waals surface area (Å²) in [6.45, 7) is 18.8. The van der Waals surface area contributed by atoms with Crippen LogP contribution in [-0.4, -0.2) is 4.26 Å². The van der Waals surface area contributed by atoms with Gasteiger partial charge in [-0.15, -0.1) is 24.8 Å². The first-order valence-electron chi connectivity index (χ1n) is 15.8. The van der Waals surface area contributed by atoms with Gasteiger partial charge in [-0.3, -0.25) is 0 Å². The van der Waals surface area contributed by atoms with Crippen LogP contribution in [0.5, 0.6) is 0 Å². The molecule has 0 heterocycles. The summed E-state index contributed by atoms with van der Waals surface area (Å²) in [6, 6.07) is 26.0. The van der Waals surface area contributed by atoms with Crippen LogP contribution in [0.4, 0.5) is 0 Å². The van der Waals surface area contributed by atoms with Gasteiger partial charge in [-0.2, -0.15) is 0 Å². The van der Waals surface area contributed by atoms with Crippen LogP contribution in [0.1, 0.15) is 81.3 Å². The number of allylic oxidation sites excluding steroid dienone is 4. The van der Waals surface area contributed by atoms with Gasteiger partial charge in [0.1, 0.15) is 0 Å². The minimum atomic E-state index is -5.02. The van der Waals surface area contributed by atoms with E-state index in [4.69, 9.17) is 4.26 Å². The van der Waals surface area contributed by atoms with Gasteiger partial charge in [-0.05, 0) is 0 Å². The Morgan fingerprint density at radius 3 is 1.65 bits per heavy atom. The van der Waals surface area contributed by atoms with Gasteiger partial charge in [0.15, 0.2) is 0 Å². The fourth-order valence-electron chi connectivity index (χ4n) is 8.43. The summed E-state index contributed by atoms with van der Waals surface area (Å²) in [7, 11) is 0. The van der Waals surface area contributed by atoms with Crippen LogP contribution < -0.4 is 9.96 Å². The van der Waals surface area contributed by atoms with Gasteiger partial charge in [0.2, 0.25) is 0 Å². The molecule has 0 fully saturated rings. The number of aryl methyl sites for hydroxylation is 1. The molecule has 6 rings (SSSR count). The summed E-state index contributed by atoms with van der Waals surface area (Å²) in [5, 5.41) is 0. The molecule has 242 valence electrons. The summed E-state index contributed by atoms with van der Waals surface area (Å²) in [4.78, 5) is 0. The minimum absolute atomic E-state index is 0. The van der Waals surface area contributed by atoms with Gasteiger partial charge in [-0.25, -0.2) is 0 Å². The van der Waals surface area contributed by atoms with Crippen LogP contribution in [0.3, 0.4) is 0 Å². The molecule has 0 aliphatic heterocycles. The molecule has 0 unspecified atom stereocenters. The third-order valence-electron chi connectivity index (χ3n) is 10.4. The molecule has 2 aliphatic carbocycles. The van der Waals surface area contributed by atoms with E-state index in [1.165, 1.54) is 54.5 Å². The summed E-state index contributed by atoms with van der Waals surface area (Å²) >= 11 is 2.50. The second-order valence-electron chi connectivity index (χ2n) is 15.2. The van der Waals surface area contributed by atoms with Crippen molar-refractivity contribution in [2.45, 2.75) is 79.1 Å². The van der Waals surface area contributed by atoms with Crippen molar-refractivity contribution in [1.82, 2.24) is 0 Å². The molecule has 0 N–H and O–H groups in total. The first-order chi connectivity index (χ1) is 20.5. The van der Waals surface area contributed by atoms with Crippen LogP contribution in [-0.2, 0) is 35.3 Å². The molecule has 0 radical (unpaired) electrons. The third-order valence-corrected chi connectivity index (χ3v) is 35.8. The molecular formula is C41H46Br2Cl2Hf. The van der Waals surface area contributed by atoms with Gasteiger partial charge in [-0.1, -0.05) is 0 Å². The molecule has 0 bridgehead atoms. The molecule has 0 aromatic heterocycles. The zero-order valence-corrected chi connectivity index (χ0v) is 36.7. The monoisotopic (exact) mass is 946 g/mol. The number of fused-ring (bicyclic) bond motifs is 3. The van der Waals surface area contributed by atoms with E-state index in [0.717, 1.165) is 21.8 Å². The second kappa shape index (κ2) is 12.8. The van der Waals surface area contributed by atoms with Crippen molar-refractivity contribution in [3.8, 4) is 11.1 Å². The Labute approximate surface area is 306 Å². The second-order valence-corrected chi connectivity index (χ2v) is 35.8. The molecule has 2 aliphatic rings. The maximum atomic E-state index is 5.73. The van der Waals surface area contributed by atoms with Crippen LogP contribution in [0, 0.1) is 13.8 Å². The fourth-order valence-corrected chi connectivity index (χ4v) is 32.9. The first-order valence-corrected chi connectivity index (χ1v) is 27.1. The van der Waals surface area contributed by atoms with Crippen molar-refractivity contribution >= 4 is 70.9 Å². The van der Waals surface area contributed by atoms with Crippen LogP contribution in [0.25, 0.3) is 11.1 Å². The molecule has 0 nitrogen and oxygen atoms in total. The average molecular weight is 948 g/mol. The summed E-state index contributed by atoms with van der Waals surface area (Å²) < 4.78 is 13.8. The summed E-state index contributed by atoms with van der Waals surface area (Å²) in [5.41, 5.74) is 11.5. The Hall–Kier alpha value is -1.36. The van der Waals surface area contributed by atoms with Crippen molar-refractivity contribution in [2.24, 2.45) is 0 Å².